The lowest BCUT2D eigenvalue weighted by Crippen LogP contribution is -2.41. The first kappa shape index (κ1) is 25.6. The van der Waals surface area contributed by atoms with E-state index in [1.165, 1.54) is 24.3 Å². The van der Waals surface area contributed by atoms with E-state index in [0.717, 1.165) is 8.78 Å². The van der Waals surface area contributed by atoms with E-state index in [9.17, 15) is 17.6 Å². The molecule has 1 amide bonds. The van der Waals surface area contributed by atoms with Crippen LogP contribution in [0.5, 0.6) is 0 Å². The van der Waals surface area contributed by atoms with Crippen LogP contribution in [-0.2, 0) is 21.4 Å². The van der Waals surface area contributed by atoms with E-state index in [1.807, 2.05) is 0 Å². The van der Waals surface area contributed by atoms with Crippen molar-refractivity contribution in [3.63, 3.8) is 0 Å². The van der Waals surface area contributed by atoms with Crippen LogP contribution in [0.3, 0.4) is 0 Å². The van der Waals surface area contributed by atoms with E-state index in [4.69, 9.17) is 23.2 Å². The van der Waals surface area contributed by atoms with E-state index in [0.29, 0.717) is 16.1 Å². The van der Waals surface area contributed by atoms with Crippen molar-refractivity contribution in [3.05, 3.63) is 98.2 Å². The van der Waals surface area contributed by atoms with Crippen LogP contribution in [0.1, 0.15) is 24.1 Å². The number of benzene rings is 3. The summed E-state index contributed by atoms with van der Waals surface area (Å²) >= 11 is 15.3. The maximum Gasteiger partial charge on any atom is 0.243 e. The fourth-order valence-corrected chi connectivity index (χ4v) is 5.07. The van der Waals surface area contributed by atoms with Crippen LogP contribution < -0.4 is 5.32 Å². The topological polar surface area (TPSA) is 66.5 Å². The molecule has 5 nitrogen and oxygen atoms in total. The van der Waals surface area contributed by atoms with Gasteiger partial charge in [-0.1, -0.05) is 57.3 Å². The molecule has 33 heavy (non-hydrogen) atoms. The van der Waals surface area contributed by atoms with E-state index in [-0.39, 0.29) is 22.3 Å². The first-order valence-corrected chi connectivity index (χ1v) is 12.8. The molecule has 0 fully saturated rings. The van der Waals surface area contributed by atoms with E-state index < -0.39 is 28.5 Å². The Labute approximate surface area is 210 Å². The molecule has 1 N–H and O–H groups in total. The van der Waals surface area contributed by atoms with Gasteiger partial charge in [0.05, 0.1) is 27.5 Å². The number of hydrogen-bond donors (Lipinski definition) is 1. The van der Waals surface area contributed by atoms with Crippen LogP contribution in [0.15, 0.2) is 76.1 Å². The molecule has 3 aromatic rings. The Hall–Kier alpha value is -1.97. The van der Waals surface area contributed by atoms with Gasteiger partial charge in [0.2, 0.25) is 15.9 Å². The number of nitrogens with one attached hydrogen (secondary N) is 1. The van der Waals surface area contributed by atoms with E-state index in [1.54, 1.807) is 49.4 Å². The van der Waals surface area contributed by atoms with Crippen LogP contribution in [0.4, 0.5) is 4.39 Å². The minimum atomic E-state index is -4.01. The fourth-order valence-electron chi connectivity index (χ4n) is 3.11. The Morgan fingerprint density at radius 3 is 2.27 bits per heavy atom. The monoisotopic (exact) mass is 572 g/mol. The number of amides is 1. The van der Waals surface area contributed by atoms with Crippen LogP contribution in [-0.4, -0.2) is 25.2 Å². The van der Waals surface area contributed by atoms with Crippen molar-refractivity contribution >= 4 is 55.1 Å². The zero-order chi connectivity index (χ0) is 24.2. The average molecular weight is 574 g/mol. The van der Waals surface area contributed by atoms with Crippen molar-refractivity contribution in [1.82, 2.24) is 9.62 Å². The fraction of sp³-hybridized carbons (Fsp3) is 0.174. The highest BCUT2D eigenvalue weighted by Crippen LogP contribution is 2.26. The van der Waals surface area contributed by atoms with Crippen LogP contribution in [0.2, 0.25) is 10.0 Å². The number of sulfonamides is 1. The highest BCUT2D eigenvalue weighted by molar-refractivity contribution is 9.10. The standard InChI is InChI=1S/C23H20BrCl2FN2O3S/c1-15(17-3-7-19(27)8-4-17)28-23(30)14-29(13-16-2-11-21(25)22(26)12-16)33(31,32)20-9-5-18(24)6-10-20/h2-12,15H,13-14H2,1H3,(H,28,30)/t15-/m1/s1. The molecule has 0 aliphatic rings. The second-order valence-corrected chi connectivity index (χ2v) is 11.0. The molecule has 1 atom stereocenters. The number of carbonyl (C=O) groups is 1. The Morgan fingerprint density at radius 1 is 1.03 bits per heavy atom. The van der Waals surface area contributed by atoms with Crippen molar-refractivity contribution < 1.29 is 17.6 Å². The molecule has 10 heteroatoms. The molecule has 0 bridgehead atoms. The highest BCUT2D eigenvalue weighted by atomic mass is 79.9. The Kier molecular flexibility index (Phi) is 8.53. The smallest absolute Gasteiger partial charge is 0.243 e. The van der Waals surface area contributed by atoms with Gasteiger partial charge in [-0.2, -0.15) is 4.31 Å². The maximum absolute atomic E-state index is 13.4. The summed E-state index contributed by atoms with van der Waals surface area (Å²) in [5, 5.41) is 3.39. The van der Waals surface area contributed by atoms with Crippen LogP contribution >= 0.6 is 39.1 Å². The van der Waals surface area contributed by atoms with Crippen molar-refractivity contribution in [2.75, 3.05) is 6.54 Å². The summed E-state index contributed by atoms with van der Waals surface area (Å²) in [6.45, 7) is 1.22. The number of hydrogen-bond acceptors (Lipinski definition) is 3. The highest BCUT2D eigenvalue weighted by Gasteiger charge is 2.27. The number of nitrogens with zero attached hydrogens (tertiary/aromatic N) is 1. The van der Waals surface area contributed by atoms with Gasteiger partial charge < -0.3 is 5.32 Å². The summed E-state index contributed by atoms with van der Waals surface area (Å²) < 4.78 is 41.7. The zero-order valence-corrected chi connectivity index (χ0v) is 21.3. The van der Waals surface area contributed by atoms with Gasteiger partial charge >= 0.3 is 0 Å². The van der Waals surface area contributed by atoms with Gasteiger partial charge in [-0.05, 0) is 66.6 Å². The Morgan fingerprint density at radius 2 is 1.67 bits per heavy atom. The van der Waals surface area contributed by atoms with Gasteiger partial charge in [0, 0.05) is 11.0 Å². The lowest BCUT2D eigenvalue weighted by Gasteiger charge is -2.23. The van der Waals surface area contributed by atoms with Gasteiger partial charge in [-0.15, -0.1) is 0 Å². The second-order valence-electron chi connectivity index (χ2n) is 7.32. The van der Waals surface area contributed by atoms with Gasteiger partial charge in [0.15, 0.2) is 0 Å². The van der Waals surface area contributed by atoms with Gasteiger partial charge in [0.25, 0.3) is 0 Å². The first-order valence-electron chi connectivity index (χ1n) is 9.81. The summed E-state index contributed by atoms with van der Waals surface area (Å²) in [6.07, 6.45) is 0. The summed E-state index contributed by atoms with van der Waals surface area (Å²) in [5.74, 6) is -0.891. The van der Waals surface area contributed by atoms with Crippen molar-refractivity contribution in [1.29, 1.82) is 0 Å². The van der Waals surface area contributed by atoms with E-state index >= 15 is 0 Å². The molecule has 174 valence electrons. The molecule has 0 spiro atoms. The maximum atomic E-state index is 13.4. The molecule has 0 saturated carbocycles. The quantitative estimate of drug-likeness (QED) is 0.361. The SMILES string of the molecule is C[C@@H](NC(=O)CN(Cc1ccc(Cl)c(Cl)c1)S(=O)(=O)c1ccc(Br)cc1)c1ccc(F)cc1. The third-order valence-electron chi connectivity index (χ3n) is 4.86. The van der Waals surface area contributed by atoms with Crippen molar-refractivity contribution in [2.45, 2.75) is 24.4 Å². The molecule has 0 aromatic heterocycles. The summed E-state index contributed by atoms with van der Waals surface area (Å²) in [5.41, 5.74) is 1.26. The van der Waals surface area contributed by atoms with Crippen LogP contribution in [0.25, 0.3) is 0 Å². The third kappa shape index (κ3) is 6.77. The van der Waals surface area contributed by atoms with Crippen molar-refractivity contribution in [2.24, 2.45) is 0 Å². The molecule has 0 radical (unpaired) electrons. The Bertz CT molecular complexity index is 1240. The summed E-state index contributed by atoms with van der Waals surface area (Å²) in [7, 11) is -4.01. The molecular formula is C23H20BrCl2FN2O3S. The first-order chi connectivity index (χ1) is 15.6. The average Bonchev–Trinajstić information content (AvgIpc) is 2.76. The molecule has 0 aliphatic heterocycles. The molecule has 3 rings (SSSR count). The largest absolute Gasteiger partial charge is 0.348 e. The van der Waals surface area contributed by atoms with Gasteiger partial charge in [-0.25, -0.2) is 12.8 Å². The van der Waals surface area contributed by atoms with Crippen molar-refractivity contribution in [3.8, 4) is 0 Å². The van der Waals surface area contributed by atoms with Crippen LogP contribution in [0, 0.1) is 5.82 Å². The zero-order valence-electron chi connectivity index (χ0n) is 17.4. The molecule has 0 saturated heterocycles. The number of carbonyl (C=O) groups excluding carboxylic acids is 1. The lowest BCUT2D eigenvalue weighted by atomic mass is 10.1. The molecular weight excluding hydrogens is 554 g/mol. The minimum Gasteiger partial charge on any atom is -0.348 e. The summed E-state index contributed by atoms with van der Waals surface area (Å²) in [6, 6.07) is 16.2. The normalized spacial score (nSPS) is 12.5. The number of halogens is 4. The van der Waals surface area contributed by atoms with Gasteiger partial charge in [-0.3, -0.25) is 4.79 Å². The molecule has 0 aliphatic carbocycles. The van der Waals surface area contributed by atoms with Gasteiger partial charge in [0.1, 0.15) is 5.82 Å². The van der Waals surface area contributed by atoms with E-state index in [2.05, 4.69) is 21.2 Å². The molecule has 0 heterocycles. The predicted octanol–water partition coefficient (Wildman–Crippen LogP) is 5.96. The Balaban J connectivity index is 1.85. The number of rotatable bonds is 8. The minimum absolute atomic E-state index is 0.0464. The molecule has 0 unspecified atom stereocenters. The molecule has 3 aromatic carbocycles. The second kappa shape index (κ2) is 11.0. The summed E-state index contributed by atoms with van der Waals surface area (Å²) in [4.78, 5) is 12.8. The third-order valence-corrected chi connectivity index (χ3v) is 7.94. The lowest BCUT2D eigenvalue weighted by molar-refractivity contribution is -0.122. The predicted molar refractivity (Wildman–Crippen MR) is 131 cm³/mol.